The Morgan fingerprint density at radius 1 is 0.957 bits per heavy atom. The van der Waals surface area contributed by atoms with Crippen LogP contribution in [0.4, 0.5) is 5.82 Å². The number of fused-ring (bicyclic) bond motifs is 1. The lowest BCUT2D eigenvalue weighted by molar-refractivity contribution is 0.384. The number of pyridine rings is 1. The number of hydrogen-bond acceptors (Lipinski definition) is 7. The van der Waals surface area contributed by atoms with E-state index < -0.39 is 0 Å². The highest BCUT2D eigenvalue weighted by molar-refractivity contribution is 5.88. The smallest absolute Gasteiger partial charge is 0.246 e. The first-order valence-electron chi connectivity index (χ1n) is 7.08. The van der Waals surface area contributed by atoms with Crippen LogP contribution in [0.2, 0.25) is 0 Å². The molecular weight excluding hydrogens is 292 g/mol. The van der Waals surface area contributed by atoms with E-state index in [-0.39, 0.29) is 0 Å². The molecule has 3 aromatic heterocycles. The Balaban J connectivity index is 1.54. The SMILES string of the molecule is c1ccc(-c2noc(CNc3ncnc4ccccc34)n2)nc1. The van der Waals surface area contributed by atoms with Gasteiger partial charge in [-0.15, -0.1) is 0 Å². The Bertz CT molecular complexity index is 932. The lowest BCUT2D eigenvalue weighted by Crippen LogP contribution is -2.02. The van der Waals surface area contributed by atoms with Crippen molar-refractivity contribution in [3.05, 3.63) is 60.9 Å². The van der Waals surface area contributed by atoms with Gasteiger partial charge in [-0.1, -0.05) is 23.4 Å². The third-order valence-corrected chi connectivity index (χ3v) is 3.31. The molecule has 1 aromatic carbocycles. The lowest BCUT2D eigenvalue weighted by atomic mass is 10.2. The number of anilines is 1. The molecule has 0 aliphatic rings. The number of rotatable bonds is 4. The van der Waals surface area contributed by atoms with Gasteiger partial charge < -0.3 is 9.84 Å². The van der Waals surface area contributed by atoms with Crippen LogP contribution in [0.25, 0.3) is 22.4 Å². The Kier molecular flexibility index (Phi) is 3.36. The number of nitrogens with zero attached hydrogens (tertiary/aromatic N) is 5. The summed E-state index contributed by atoms with van der Waals surface area (Å²) >= 11 is 0. The molecule has 7 nitrogen and oxygen atoms in total. The quantitative estimate of drug-likeness (QED) is 0.620. The van der Waals surface area contributed by atoms with Gasteiger partial charge in [0.1, 0.15) is 17.8 Å². The Labute approximate surface area is 131 Å². The van der Waals surface area contributed by atoms with Crippen molar-refractivity contribution >= 4 is 16.7 Å². The minimum Gasteiger partial charge on any atom is -0.360 e. The second-order valence-electron chi connectivity index (χ2n) is 4.82. The predicted molar refractivity (Wildman–Crippen MR) is 84.4 cm³/mol. The fourth-order valence-electron chi connectivity index (χ4n) is 2.23. The zero-order valence-electron chi connectivity index (χ0n) is 12.0. The van der Waals surface area contributed by atoms with Crippen molar-refractivity contribution in [2.24, 2.45) is 0 Å². The first-order chi connectivity index (χ1) is 11.4. The summed E-state index contributed by atoms with van der Waals surface area (Å²) in [5.41, 5.74) is 1.56. The molecule has 4 aromatic rings. The Hall–Kier alpha value is -3.35. The molecule has 1 N–H and O–H groups in total. The highest BCUT2D eigenvalue weighted by Gasteiger charge is 2.10. The van der Waals surface area contributed by atoms with Gasteiger partial charge in [0.25, 0.3) is 0 Å². The van der Waals surface area contributed by atoms with Gasteiger partial charge in [0, 0.05) is 11.6 Å². The fraction of sp³-hybridized carbons (Fsp3) is 0.0625. The maximum atomic E-state index is 5.25. The van der Waals surface area contributed by atoms with Gasteiger partial charge >= 0.3 is 0 Å². The van der Waals surface area contributed by atoms with Crippen molar-refractivity contribution in [2.75, 3.05) is 5.32 Å². The molecule has 7 heteroatoms. The van der Waals surface area contributed by atoms with Crippen LogP contribution >= 0.6 is 0 Å². The maximum Gasteiger partial charge on any atom is 0.246 e. The molecule has 0 aliphatic heterocycles. The summed E-state index contributed by atoms with van der Waals surface area (Å²) in [5.74, 6) is 1.66. The highest BCUT2D eigenvalue weighted by atomic mass is 16.5. The summed E-state index contributed by atoms with van der Waals surface area (Å²) < 4.78 is 5.25. The molecule has 0 radical (unpaired) electrons. The summed E-state index contributed by atoms with van der Waals surface area (Å²) in [5, 5.41) is 8.08. The van der Waals surface area contributed by atoms with Crippen LogP contribution in [-0.2, 0) is 6.54 Å². The predicted octanol–water partition coefficient (Wildman–Crippen LogP) is 2.69. The largest absolute Gasteiger partial charge is 0.360 e. The molecule has 0 saturated heterocycles. The Morgan fingerprint density at radius 3 is 2.78 bits per heavy atom. The van der Waals surface area contributed by atoms with Crippen LogP contribution in [-0.4, -0.2) is 25.1 Å². The second-order valence-corrected chi connectivity index (χ2v) is 4.82. The molecular formula is C16H12N6O. The molecule has 4 rings (SSSR count). The third-order valence-electron chi connectivity index (χ3n) is 3.31. The summed E-state index contributed by atoms with van der Waals surface area (Å²) in [6.07, 6.45) is 3.22. The van der Waals surface area contributed by atoms with Crippen LogP contribution in [0, 0.1) is 0 Å². The van der Waals surface area contributed by atoms with E-state index in [1.54, 1.807) is 6.20 Å². The number of para-hydroxylation sites is 1. The van der Waals surface area contributed by atoms with Crippen LogP contribution < -0.4 is 5.32 Å². The summed E-state index contributed by atoms with van der Waals surface area (Å²) in [7, 11) is 0. The number of hydrogen-bond donors (Lipinski definition) is 1. The summed E-state index contributed by atoms with van der Waals surface area (Å²) in [6, 6.07) is 13.3. The first-order valence-corrected chi connectivity index (χ1v) is 7.08. The van der Waals surface area contributed by atoms with Gasteiger partial charge in [0.05, 0.1) is 12.1 Å². The molecule has 0 spiro atoms. The molecule has 0 fully saturated rings. The zero-order valence-corrected chi connectivity index (χ0v) is 12.0. The maximum absolute atomic E-state index is 5.25. The van der Waals surface area contributed by atoms with Crippen LogP contribution in [0.3, 0.4) is 0 Å². The van der Waals surface area contributed by atoms with Gasteiger partial charge in [-0.2, -0.15) is 4.98 Å². The molecule has 23 heavy (non-hydrogen) atoms. The first kappa shape index (κ1) is 13.3. The average molecular weight is 304 g/mol. The lowest BCUT2D eigenvalue weighted by Gasteiger charge is -2.05. The molecule has 0 atom stereocenters. The minimum absolute atomic E-state index is 0.376. The van der Waals surface area contributed by atoms with E-state index in [0.717, 1.165) is 16.7 Å². The normalized spacial score (nSPS) is 10.8. The number of nitrogens with one attached hydrogen (secondary N) is 1. The molecule has 0 amide bonds. The van der Waals surface area contributed by atoms with Gasteiger partial charge in [-0.25, -0.2) is 9.97 Å². The minimum atomic E-state index is 0.376. The van der Waals surface area contributed by atoms with Crippen molar-refractivity contribution in [3.63, 3.8) is 0 Å². The zero-order chi connectivity index (χ0) is 15.5. The summed E-state index contributed by atoms with van der Waals surface area (Å²) in [4.78, 5) is 17.0. The van der Waals surface area contributed by atoms with Gasteiger partial charge in [-0.3, -0.25) is 4.98 Å². The summed E-state index contributed by atoms with van der Waals surface area (Å²) in [6.45, 7) is 0.376. The highest BCUT2D eigenvalue weighted by Crippen LogP contribution is 2.19. The number of aromatic nitrogens is 5. The molecule has 0 unspecified atom stereocenters. The average Bonchev–Trinajstić information content (AvgIpc) is 3.10. The van der Waals surface area contributed by atoms with E-state index in [4.69, 9.17) is 4.52 Å². The molecule has 3 heterocycles. The van der Waals surface area contributed by atoms with Gasteiger partial charge in [-0.05, 0) is 24.3 Å². The Morgan fingerprint density at radius 2 is 1.87 bits per heavy atom. The van der Waals surface area contributed by atoms with Gasteiger partial charge in [0.2, 0.25) is 11.7 Å². The van der Waals surface area contributed by atoms with E-state index >= 15 is 0 Å². The van der Waals surface area contributed by atoms with E-state index in [9.17, 15) is 0 Å². The standard InChI is InChI=1S/C16H12N6O/c1-2-6-12-11(5-1)15(20-10-19-12)18-9-14-21-16(22-23-14)13-7-3-4-8-17-13/h1-8,10H,9H2,(H,18,19,20). The fourth-order valence-corrected chi connectivity index (χ4v) is 2.23. The van der Waals surface area contributed by atoms with Crippen molar-refractivity contribution < 1.29 is 4.52 Å². The molecule has 0 saturated carbocycles. The van der Waals surface area contributed by atoms with E-state index in [0.29, 0.717) is 24.0 Å². The van der Waals surface area contributed by atoms with Crippen molar-refractivity contribution in [1.29, 1.82) is 0 Å². The van der Waals surface area contributed by atoms with E-state index in [1.165, 1.54) is 6.33 Å². The van der Waals surface area contributed by atoms with E-state index in [1.807, 2.05) is 42.5 Å². The van der Waals surface area contributed by atoms with E-state index in [2.05, 4.69) is 30.4 Å². The monoisotopic (exact) mass is 304 g/mol. The van der Waals surface area contributed by atoms with Crippen LogP contribution in [0.15, 0.2) is 59.5 Å². The third kappa shape index (κ3) is 2.71. The van der Waals surface area contributed by atoms with Crippen molar-refractivity contribution in [3.8, 4) is 11.5 Å². The van der Waals surface area contributed by atoms with Crippen LogP contribution in [0.1, 0.15) is 5.89 Å². The molecule has 0 bridgehead atoms. The second kappa shape index (κ2) is 5.80. The van der Waals surface area contributed by atoms with Crippen molar-refractivity contribution in [2.45, 2.75) is 6.54 Å². The van der Waals surface area contributed by atoms with Crippen molar-refractivity contribution in [1.82, 2.24) is 25.1 Å². The van der Waals surface area contributed by atoms with Crippen LogP contribution in [0.5, 0.6) is 0 Å². The van der Waals surface area contributed by atoms with Gasteiger partial charge in [0.15, 0.2) is 0 Å². The molecule has 0 aliphatic carbocycles. The molecule has 112 valence electrons. The number of benzene rings is 1. The topological polar surface area (TPSA) is 89.6 Å².